The van der Waals surface area contributed by atoms with Gasteiger partial charge in [0.2, 0.25) is 0 Å². The molecule has 134 valence electrons. The van der Waals surface area contributed by atoms with Crippen molar-refractivity contribution in [2.24, 2.45) is 0 Å². The average molecular weight is 341 g/mol. The van der Waals surface area contributed by atoms with Crippen molar-refractivity contribution in [1.82, 2.24) is 0 Å². The Morgan fingerprint density at radius 3 is 2.12 bits per heavy atom. The molecule has 0 atom stereocenters. The van der Waals surface area contributed by atoms with Crippen molar-refractivity contribution in [3.05, 3.63) is 54.1 Å². The zero-order valence-electron chi connectivity index (χ0n) is 15.8. The summed E-state index contributed by atoms with van der Waals surface area (Å²) < 4.78 is 11.1. The number of benzene rings is 2. The number of nitrogens with one attached hydrogen (secondary N) is 1. The summed E-state index contributed by atoms with van der Waals surface area (Å²) in [5, 5.41) is 2.87. The molecule has 2 aromatic carbocycles. The van der Waals surface area contributed by atoms with Gasteiger partial charge >= 0.3 is 0 Å². The van der Waals surface area contributed by atoms with Gasteiger partial charge in [-0.3, -0.25) is 4.79 Å². The first kappa shape index (κ1) is 18.8. The third kappa shape index (κ3) is 4.99. The fourth-order valence-corrected chi connectivity index (χ4v) is 2.35. The Morgan fingerprint density at radius 1 is 0.920 bits per heavy atom. The van der Waals surface area contributed by atoms with Crippen LogP contribution in [0.25, 0.3) is 0 Å². The number of carbonyl (C=O) groups is 1. The molecule has 1 N–H and O–H groups in total. The van der Waals surface area contributed by atoms with Gasteiger partial charge < -0.3 is 14.8 Å². The Bertz CT molecular complexity index is 728. The molecule has 0 heterocycles. The van der Waals surface area contributed by atoms with Crippen LogP contribution in [0.4, 0.5) is 5.69 Å². The highest BCUT2D eigenvalue weighted by atomic mass is 16.5. The monoisotopic (exact) mass is 341 g/mol. The van der Waals surface area contributed by atoms with Crippen LogP contribution in [0.15, 0.2) is 48.5 Å². The minimum Gasteiger partial charge on any atom is -0.497 e. The van der Waals surface area contributed by atoms with Gasteiger partial charge in [0.05, 0.1) is 7.11 Å². The van der Waals surface area contributed by atoms with Crippen LogP contribution in [0.1, 0.15) is 40.2 Å². The average Bonchev–Trinajstić information content (AvgIpc) is 2.54. The van der Waals surface area contributed by atoms with E-state index in [2.05, 4.69) is 26.1 Å². The Kier molecular flexibility index (Phi) is 5.41. The number of ether oxygens (including phenoxy) is 2. The fourth-order valence-electron chi connectivity index (χ4n) is 2.35. The summed E-state index contributed by atoms with van der Waals surface area (Å²) in [4.78, 5) is 12.6. The maximum absolute atomic E-state index is 12.6. The molecule has 0 fully saturated rings. The highest BCUT2D eigenvalue weighted by molar-refractivity contribution is 5.97. The lowest BCUT2D eigenvalue weighted by Crippen LogP contribution is -2.42. The minimum absolute atomic E-state index is 0.0811. The Balaban J connectivity index is 2.08. The lowest BCUT2D eigenvalue weighted by atomic mass is 9.87. The van der Waals surface area contributed by atoms with Crippen molar-refractivity contribution in [2.75, 3.05) is 12.4 Å². The molecule has 0 saturated heterocycles. The smallest absolute Gasteiger partial charge is 0.267 e. The first-order valence-electron chi connectivity index (χ1n) is 8.37. The number of amides is 1. The predicted molar refractivity (Wildman–Crippen MR) is 101 cm³/mol. The zero-order chi connectivity index (χ0) is 18.7. The van der Waals surface area contributed by atoms with Gasteiger partial charge in [-0.2, -0.15) is 0 Å². The summed E-state index contributed by atoms with van der Waals surface area (Å²) in [5.74, 6) is 1.13. The first-order valence-corrected chi connectivity index (χ1v) is 8.37. The van der Waals surface area contributed by atoms with Gasteiger partial charge in [-0.15, -0.1) is 0 Å². The van der Waals surface area contributed by atoms with Crippen molar-refractivity contribution in [3.8, 4) is 11.5 Å². The van der Waals surface area contributed by atoms with Crippen LogP contribution in [0.2, 0.25) is 0 Å². The second kappa shape index (κ2) is 7.18. The van der Waals surface area contributed by atoms with Gasteiger partial charge in [0.1, 0.15) is 11.5 Å². The molecule has 0 aromatic heterocycles. The maximum atomic E-state index is 12.6. The molecule has 2 aromatic rings. The van der Waals surface area contributed by atoms with Crippen molar-refractivity contribution >= 4 is 11.6 Å². The quantitative estimate of drug-likeness (QED) is 0.850. The molecule has 0 radical (unpaired) electrons. The summed E-state index contributed by atoms with van der Waals surface area (Å²) in [6.07, 6.45) is 0. The van der Waals surface area contributed by atoms with Crippen molar-refractivity contribution in [1.29, 1.82) is 0 Å². The maximum Gasteiger partial charge on any atom is 0.267 e. The van der Waals surface area contributed by atoms with Crippen LogP contribution in [-0.2, 0) is 10.2 Å². The van der Waals surface area contributed by atoms with Crippen molar-refractivity contribution in [2.45, 2.75) is 45.6 Å². The predicted octanol–water partition coefficient (Wildman–Crippen LogP) is 4.79. The van der Waals surface area contributed by atoms with Crippen LogP contribution in [0.3, 0.4) is 0 Å². The van der Waals surface area contributed by atoms with E-state index < -0.39 is 5.60 Å². The lowest BCUT2D eigenvalue weighted by Gasteiger charge is -2.26. The molecule has 4 nitrogen and oxygen atoms in total. The van der Waals surface area contributed by atoms with Gasteiger partial charge in [0.15, 0.2) is 5.60 Å². The third-order valence-corrected chi connectivity index (χ3v) is 3.97. The van der Waals surface area contributed by atoms with Crippen LogP contribution in [0, 0.1) is 0 Å². The summed E-state index contributed by atoms with van der Waals surface area (Å²) >= 11 is 0. The summed E-state index contributed by atoms with van der Waals surface area (Å²) in [7, 11) is 1.59. The topological polar surface area (TPSA) is 47.6 Å². The summed E-state index contributed by atoms with van der Waals surface area (Å²) in [5.41, 5.74) is 0.965. The zero-order valence-corrected chi connectivity index (χ0v) is 15.8. The molecule has 0 aliphatic rings. The largest absolute Gasteiger partial charge is 0.497 e. The van der Waals surface area contributed by atoms with E-state index in [-0.39, 0.29) is 11.3 Å². The van der Waals surface area contributed by atoms with Crippen LogP contribution < -0.4 is 14.8 Å². The number of anilines is 1. The van der Waals surface area contributed by atoms with E-state index in [1.165, 1.54) is 5.56 Å². The van der Waals surface area contributed by atoms with E-state index in [1.807, 2.05) is 42.5 Å². The number of hydrogen-bond donors (Lipinski definition) is 1. The van der Waals surface area contributed by atoms with Crippen molar-refractivity contribution < 1.29 is 14.3 Å². The number of methoxy groups -OCH3 is 1. The minimum atomic E-state index is -1.01. The molecule has 4 heteroatoms. The Labute approximate surface area is 150 Å². The second-order valence-electron chi connectivity index (χ2n) is 7.57. The van der Waals surface area contributed by atoms with E-state index >= 15 is 0 Å². The first-order chi connectivity index (χ1) is 11.6. The summed E-state index contributed by atoms with van der Waals surface area (Å²) in [6.45, 7) is 9.98. The van der Waals surface area contributed by atoms with E-state index in [0.717, 1.165) is 0 Å². The fraction of sp³-hybridized carbons (Fsp3) is 0.381. The molecule has 0 aliphatic heterocycles. The Morgan fingerprint density at radius 2 is 1.56 bits per heavy atom. The van der Waals surface area contributed by atoms with Crippen LogP contribution in [0.5, 0.6) is 11.5 Å². The highest BCUT2D eigenvalue weighted by Gasteiger charge is 2.30. The number of carbonyl (C=O) groups excluding carboxylic acids is 1. The van der Waals surface area contributed by atoms with Gasteiger partial charge in [-0.1, -0.05) is 39.0 Å². The van der Waals surface area contributed by atoms with Crippen LogP contribution in [-0.4, -0.2) is 18.6 Å². The molecule has 0 unspecified atom stereocenters. The van der Waals surface area contributed by atoms with E-state index in [9.17, 15) is 4.79 Å². The van der Waals surface area contributed by atoms with Gasteiger partial charge in [0, 0.05) is 11.8 Å². The molecular weight excluding hydrogens is 314 g/mol. The molecular formula is C21H27NO3. The normalized spacial score (nSPS) is 11.8. The van der Waals surface area contributed by atoms with E-state index in [4.69, 9.17) is 9.47 Å². The highest BCUT2D eigenvalue weighted by Crippen LogP contribution is 2.26. The molecule has 0 bridgehead atoms. The van der Waals surface area contributed by atoms with E-state index in [0.29, 0.717) is 17.2 Å². The van der Waals surface area contributed by atoms with Gasteiger partial charge in [-0.25, -0.2) is 0 Å². The third-order valence-electron chi connectivity index (χ3n) is 3.97. The van der Waals surface area contributed by atoms with Gasteiger partial charge in [0.25, 0.3) is 5.91 Å². The molecule has 0 aliphatic carbocycles. The molecule has 25 heavy (non-hydrogen) atoms. The lowest BCUT2D eigenvalue weighted by molar-refractivity contribution is -0.128. The molecule has 0 spiro atoms. The number of rotatable bonds is 5. The molecule has 1 amide bonds. The van der Waals surface area contributed by atoms with Gasteiger partial charge in [-0.05, 0) is 49.1 Å². The summed E-state index contributed by atoms with van der Waals surface area (Å²) in [6, 6.07) is 15.1. The standard InChI is InChI=1S/C21H27NO3/c1-20(2,3)15-10-12-17(13-11-15)25-21(4,5)19(23)22-16-8-7-9-18(14-16)24-6/h7-14H,1-6H3,(H,22,23). The molecule has 0 saturated carbocycles. The van der Waals surface area contributed by atoms with E-state index in [1.54, 1.807) is 27.0 Å². The molecule has 2 rings (SSSR count). The SMILES string of the molecule is COc1cccc(NC(=O)C(C)(C)Oc2ccc(C(C)(C)C)cc2)c1. The number of hydrogen-bond acceptors (Lipinski definition) is 3. The Hall–Kier alpha value is -2.49. The van der Waals surface area contributed by atoms with Crippen molar-refractivity contribution in [3.63, 3.8) is 0 Å². The second-order valence-corrected chi connectivity index (χ2v) is 7.57. The van der Waals surface area contributed by atoms with Crippen LogP contribution >= 0.6 is 0 Å².